The van der Waals surface area contributed by atoms with Crippen LogP contribution in [-0.2, 0) is 6.42 Å². The van der Waals surface area contributed by atoms with Gasteiger partial charge in [0.25, 0.3) is 0 Å². The molecule has 19 heavy (non-hydrogen) atoms. The van der Waals surface area contributed by atoms with E-state index in [4.69, 9.17) is 17.3 Å². The van der Waals surface area contributed by atoms with Crippen molar-refractivity contribution in [1.29, 1.82) is 0 Å². The largest absolute Gasteiger partial charge is 0.327 e. The number of nitrogens with two attached hydrogens (primary N) is 1. The van der Waals surface area contributed by atoms with Gasteiger partial charge in [0.1, 0.15) is 0 Å². The van der Waals surface area contributed by atoms with Crippen molar-refractivity contribution in [3.63, 3.8) is 0 Å². The van der Waals surface area contributed by atoms with Gasteiger partial charge in [0.05, 0.1) is 0 Å². The topological polar surface area (TPSA) is 26.0 Å². The van der Waals surface area contributed by atoms with Crippen molar-refractivity contribution in [2.45, 2.75) is 59.9 Å². The molecule has 2 N–H and O–H groups in total. The van der Waals surface area contributed by atoms with Crippen LogP contribution in [0.1, 0.15) is 51.7 Å². The van der Waals surface area contributed by atoms with E-state index >= 15 is 0 Å². The molecule has 0 fully saturated rings. The van der Waals surface area contributed by atoms with Gasteiger partial charge in [-0.05, 0) is 54.7 Å². The molecule has 1 aromatic rings. The Hall–Kier alpha value is -0.530. The van der Waals surface area contributed by atoms with E-state index in [9.17, 15) is 0 Å². The van der Waals surface area contributed by atoms with Gasteiger partial charge < -0.3 is 5.73 Å². The van der Waals surface area contributed by atoms with Crippen molar-refractivity contribution in [1.82, 2.24) is 0 Å². The summed E-state index contributed by atoms with van der Waals surface area (Å²) in [6.45, 7) is 11.2. The monoisotopic (exact) mass is 281 g/mol. The summed E-state index contributed by atoms with van der Waals surface area (Å²) in [6.07, 6.45) is 3.14. The highest BCUT2D eigenvalue weighted by Gasteiger charge is 2.18. The van der Waals surface area contributed by atoms with E-state index in [1.807, 2.05) is 6.07 Å². The second-order valence-corrected chi connectivity index (χ2v) is 7.57. The molecule has 0 radical (unpaired) electrons. The Morgan fingerprint density at radius 3 is 2.42 bits per heavy atom. The fraction of sp³-hybridized carbons (Fsp3) is 0.647. The summed E-state index contributed by atoms with van der Waals surface area (Å²) < 4.78 is 0. The molecule has 0 amide bonds. The SMILES string of the molecule is Cc1ccc(CC(N)CC(C)CC(C)(C)C)c(Cl)c1. The smallest absolute Gasteiger partial charge is 0.0441 e. The third-order valence-corrected chi connectivity index (χ3v) is 3.71. The lowest BCUT2D eigenvalue weighted by Gasteiger charge is -2.25. The molecule has 0 spiro atoms. The molecule has 1 aromatic carbocycles. The molecule has 2 unspecified atom stereocenters. The zero-order valence-electron chi connectivity index (χ0n) is 13.0. The molecule has 0 aliphatic heterocycles. The number of benzene rings is 1. The standard InChI is InChI=1S/C17H28ClN/c1-12-6-7-14(16(18)9-12)10-15(19)8-13(2)11-17(3,4)5/h6-7,9,13,15H,8,10-11,19H2,1-5H3. The van der Waals surface area contributed by atoms with Crippen molar-refractivity contribution in [2.24, 2.45) is 17.1 Å². The Labute approximate surface area is 123 Å². The normalized spacial score (nSPS) is 15.3. The molecular formula is C17H28ClN. The van der Waals surface area contributed by atoms with Crippen LogP contribution < -0.4 is 5.73 Å². The molecule has 0 heterocycles. The Morgan fingerprint density at radius 2 is 1.89 bits per heavy atom. The van der Waals surface area contributed by atoms with Gasteiger partial charge in [0.2, 0.25) is 0 Å². The van der Waals surface area contributed by atoms with Gasteiger partial charge >= 0.3 is 0 Å². The van der Waals surface area contributed by atoms with Gasteiger partial charge in [-0.25, -0.2) is 0 Å². The molecule has 0 aliphatic carbocycles. The van der Waals surface area contributed by atoms with Crippen LogP contribution in [0.5, 0.6) is 0 Å². The number of halogens is 1. The van der Waals surface area contributed by atoms with Gasteiger partial charge in [0, 0.05) is 11.1 Å². The first-order valence-electron chi connectivity index (χ1n) is 7.18. The predicted molar refractivity (Wildman–Crippen MR) is 85.7 cm³/mol. The Balaban J connectivity index is 2.53. The van der Waals surface area contributed by atoms with Crippen LogP contribution in [0.3, 0.4) is 0 Å². The minimum Gasteiger partial charge on any atom is -0.327 e. The summed E-state index contributed by atoms with van der Waals surface area (Å²) in [5.74, 6) is 0.652. The van der Waals surface area contributed by atoms with Crippen molar-refractivity contribution < 1.29 is 0 Å². The first-order valence-corrected chi connectivity index (χ1v) is 7.56. The third-order valence-electron chi connectivity index (χ3n) is 3.36. The van der Waals surface area contributed by atoms with Gasteiger partial charge in [-0.2, -0.15) is 0 Å². The zero-order valence-corrected chi connectivity index (χ0v) is 13.7. The van der Waals surface area contributed by atoms with E-state index in [1.165, 1.54) is 17.5 Å². The predicted octanol–water partition coefficient (Wildman–Crippen LogP) is 4.98. The minimum atomic E-state index is 0.192. The minimum absolute atomic E-state index is 0.192. The number of hydrogen-bond donors (Lipinski definition) is 1. The molecule has 2 heteroatoms. The molecule has 0 aliphatic rings. The summed E-state index contributed by atoms with van der Waals surface area (Å²) >= 11 is 6.26. The van der Waals surface area contributed by atoms with Crippen molar-refractivity contribution in [3.8, 4) is 0 Å². The van der Waals surface area contributed by atoms with Crippen molar-refractivity contribution in [3.05, 3.63) is 34.3 Å². The van der Waals surface area contributed by atoms with Crippen LogP contribution in [-0.4, -0.2) is 6.04 Å². The molecule has 0 aromatic heterocycles. The van der Waals surface area contributed by atoms with E-state index in [1.54, 1.807) is 0 Å². The van der Waals surface area contributed by atoms with Crippen LogP contribution in [0.2, 0.25) is 5.02 Å². The quantitative estimate of drug-likeness (QED) is 0.809. The van der Waals surface area contributed by atoms with E-state index in [0.29, 0.717) is 11.3 Å². The average Bonchev–Trinajstić information content (AvgIpc) is 2.19. The molecule has 0 saturated heterocycles. The highest BCUT2D eigenvalue weighted by Crippen LogP contribution is 2.27. The molecule has 0 saturated carbocycles. The van der Waals surface area contributed by atoms with E-state index < -0.39 is 0 Å². The lowest BCUT2D eigenvalue weighted by Crippen LogP contribution is -2.27. The third kappa shape index (κ3) is 6.44. The van der Waals surface area contributed by atoms with Crippen LogP contribution in [0, 0.1) is 18.3 Å². The summed E-state index contributed by atoms with van der Waals surface area (Å²) in [6, 6.07) is 6.42. The Morgan fingerprint density at radius 1 is 1.26 bits per heavy atom. The maximum Gasteiger partial charge on any atom is 0.0441 e. The van der Waals surface area contributed by atoms with E-state index in [0.717, 1.165) is 17.9 Å². The van der Waals surface area contributed by atoms with Crippen LogP contribution in [0.25, 0.3) is 0 Å². The second kappa shape index (κ2) is 6.76. The van der Waals surface area contributed by atoms with E-state index in [-0.39, 0.29) is 6.04 Å². The first kappa shape index (κ1) is 16.5. The summed E-state index contributed by atoms with van der Waals surface area (Å²) in [5, 5.41) is 0.846. The van der Waals surface area contributed by atoms with Gasteiger partial charge in [0.15, 0.2) is 0 Å². The maximum absolute atomic E-state index is 6.27. The van der Waals surface area contributed by atoms with E-state index in [2.05, 4.69) is 46.8 Å². The number of rotatable bonds is 5. The molecule has 1 nitrogen and oxygen atoms in total. The summed E-state index contributed by atoms with van der Waals surface area (Å²) in [7, 11) is 0. The Bertz CT molecular complexity index is 406. The van der Waals surface area contributed by atoms with Crippen molar-refractivity contribution >= 4 is 11.6 Å². The summed E-state index contributed by atoms with van der Waals surface area (Å²) in [4.78, 5) is 0. The lowest BCUT2D eigenvalue weighted by molar-refractivity contribution is 0.285. The molecule has 2 atom stereocenters. The molecule has 108 valence electrons. The maximum atomic E-state index is 6.27. The Kier molecular flexibility index (Phi) is 5.88. The number of aryl methyl sites for hydroxylation is 1. The fourth-order valence-electron chi connectivity index (χ4n) is 2.83. The molecular weight excluding hydrogens is 254 g/mol. The van der Waals surface area contributed by atoms with Gasteiger partial charge in [-0.3, -0.25) is 0 Å². The molecule has 0 bridgehead atoms. The van der Waals surface area contributed by atoms with Crippen LogP contribution >= 0.6 is 11.6 Å². The van der Waals surface area contributed by atoms with Gasteiger partial charge in [-0.15, -0.1) is 0 Å². The molecule has 1 rings (SSSR count). The van der Waals surface area contributed by atoms with Crippen molar-refractivity contribution in [2.75, 3.05) is 0 Å². The summed E-state index contributed by atoms with van der Waals surface area (Å²) in [5.41, 5.74) is 9.02. The second-order valence-electron chi connectivity index (χ2n) is 7.16. The highest BCUT2D eigenvalue weighted by molar-refractivity contribution is 6.31. The van der Waals surface area contributed by atoms with Crippen LogP contribution in [0.4, 0.5) is 0 Å². The number of hydrogen-bond acceptors (Lipinski definition) is 1. The first-order chi connectivity index (χ1) is 8.67. The zero-order chi connectivity index (χ0) is 14.6. The lowest BCUT2D eigenvalue weighted by atomic mass is 9.82. The average molecular weight is 282 g/mol. The fourth-order valence-corrected chi connectivity index (χ4v) is 3.14. The van der Waals surface area contributed by atoms with Gasteiger partial charge in [-0.1, -0.05) is 51.4 Å². The highest BCUT2D eigenvalue weighted by atomic mass is 35.5. The van der Waals surface area contributed by atoms with Crippen LogP contribution in [0.15, 0.2) is 18.2 Å².